The van der Waals surface area contributed by atoms with E-state index in [0.29, 0.717) is 11.5 Å². The van der Waals surface area contributed by atoms with Crippen molar-refractivity contribution in [1.29, 1.82) is 0 Å². The van der Waals surface area contributed by atoms with Crippen molar-refractivity contribution >= 4 is 12.1 Å². The van der Waals surface area contributed by atoms with E-state index in [1.54, 1.807) is 33.9 Å². The monoisotopic (exact) mass is 269 g/mol. The number of aliphatic carboxylic acids is 1. The van der Waals surface area contributed by atoms with Crippen LogP contribution in [0.15, 0.2) is 6.20 Å². The predicted octanol–water partition coefficient (Wildman–Crippen LogP) is 1.24. The first-order valence-electron chi connectivity index (χ1n) is 5.90. The van der Waals surface area contributed by atoms with E-state index in [9.17, 15) is 9.59 Å². The van der Waals surface area contributed by atoms with Crippen LogP contribution in [-0.4, -0.2) is 38.8 Å². The van der Waals surface area contributed by atoms with Crippen LogP contribution in [0.1, 0.15) is 32.3 Å². The molecule has 1 aromatic heterocycles. The van der Waals surface area contributed by atoms with Gasteiger partial charge in [0, 0.05) is 18.3 Å². The summed E-state index contributed by atoms with van der Waals surface area (Å²) in [7, 11) is 0. The first-order chi connectivity index (χ1) is 8.67. The number of ether oxygens (including phenoxy) is 1. The fraction of sp³-hybridized carbons (Fsp3) is 0.583. The SMILES string of the molecule is Cc1ncc(C[C@H](NC(=O)OC(C)(C)C)C(=O)O)[nH]1. The van der Waals surface area contributed by atoms with E-state index in [4.69, 9.17) is 9.84 Å². The second kappa shape index (κ2) is 5.73. The van der Waals surface area contributed by atoms with E-state index in [1.807, 2.05) is 0 Å². The Hall–Kier alpha value is -2.05. The van der Waals surface area contributed by atoms with E-state index in [0.717, 1.165) is 0 Å². The lowest BCUT2D eigenvalue weighted by Crippen LogP contribution is -2.44. The molecule has 0 aromatic carbocycles. The minimum atomic E-state index is -1.13. The fourth-order valence-corrected chi connectivity index (χ4v) is 1.45. The van der Waals surface area contributed by atoms with Gasteiger partial charge in [0.25, 0.3) is 0 Å². The van der Waals surface area contributed by atoms with Crippen LogP contribution in [-0.2, 0) is 16.0 Å². The zero-order chi connectivity index (χ0) is 14.6. The van der Waals surface area contributed by atoms with E-state index in [1.165, 1.54) is 0 Å². The number of rotatable bonds is 4. The molecule has 0 saturated carbocycles. The molecule has 1 atom stereocenters. The molecule has 1 rings (SSSR count). The Balaban J connectivity index is 2.63. The van der Waals surface area contributed by atoms with Gasteiger partial charge in [0.2, 0.25) is 0 Å². The van der Waals surface area contributed by atoms with Crippen LogP contribution in [0.3, 0.4) is 0 Å². The Labute approximate surface area is 111 Å². The highest BCUT2D eigenvalue weighted by molar-refractivity contribution is 5.80. The summed E-state index contributed by atoms with van der Waals surface area (Å²) in [5.74, 6) is -0.436. The third-order valence-electron chi connectivity index (χ3n) is 2.17. The molecular weight excluding hydrogens is 250 g/mol. The summed E-state index contributed by atoms with van der Waals surface area (Å²) in [5.41, 5.74) is -0.0292. The Morgan fingerprint density at radius 3 is 2.58 bits per heavy atom. The lowest BCUT2D eigenvalue weighted by molar-refractivity contribution is -0.139. The summed E-state index contributed by atoms with van der Waals surface area (Å²) in [5, 5.41) is 11.4. The van der Waals surface area contributed by atoms with E-state index >= 15 is 0 Å². The molecule has 1 heterocycles. The molecule has 0 saturated heterocycles. The highest BCUT2D eigenvalue weighted by Gasteiger charge is 2.24. The maximum absolute atomic E-state index is 11.5. The molecule has 3 N–H and O–H groups in total. The van der Waals surface area contributed by atoms with Crippen molar-refractivity contribution in [1.82, 2.24) is 15.3 Å². The molecule has 0 aliphatic carbocycles. The lowest BCUT2D eigenvalue weighted by Gasteiger charge is -2.21. The van der Waals surface area contributed by atoms with Crippen LogP contribution in [0, 0.1) is 6.92 Å². The zero-order valence-electron chi connectivity index (χ0n) is 11.5. The fourth-order valence-electron chi connectivity index (χ4n) is 1.45. The Kier molecular flexibility index (Phi) is 4.52. The quantitative estimate of drug-likeness (QED) is 0.762. The number of aryl methyl sites for hydroxylation is 1. The van der Waals surface area contributed by atoms with Crippen molar-refractivity contribution in [3.8, 4) is 0 Å². The number of aromatic amines is 1. The minimum absolute atomic E-state index is 0.120. The molecule has 106 valence electrons. The van der Waals surface area contributed by atoms with E-state index < -0.39 is 23.7 Å². The van der Waals surface area contributed by atoms with Gasteiger partial charge in [-0.2, -0.15) is 0 Å². The highest BCUT2D eigenvalue weighted by Crippen LogP contribution is 2.08. The number of amides is 1. The number of hydrogen-bond donors (Lipinski definition) is 3. The highest BCUT2D eigenvalue weighted by atomic mass is 16.6. The average molecular weight is 269 g/mol. The molecule has 0 spiro atoms. The lowest BCUT2D eigenvalue weighted by atomic mass is 10.1. The number of carboxylic acids is 1. The average Bonchev–Trinajstić information content (AvgIpc) is 2.60. The molecule has 7 heteroatoms. The summed E-state index contributed by atoms with van der Waals surface area (Å²) in [6.45, 7) is 6.89. The van der Waals surface area contributed by atoms with Gasteiger partial charge in [-0.15, -0.1) is 0 Å². The smallest absolute Gasteiger partial charge is 0.408 e. The summed E-state index contributed by atoms with van der Waals surface area (Å²) in [6.07, 6.45) is 0.911. The maximum Gasteiger partial charge on any atom is 0.408 e. The molecule has 19 heavy (non-hydrogen) atoms. The van der Waals surface area contributed by atoms with Crippen LogP contribution in [0.5, 0.6) is 0 Å². The summed E-state index contributed by atoms with van der Waals surface area (Å²) in [4.78, 5) is 29.5. The van der Waals surface area contributed by atoms with Crippen LogP contribution in [0.4, 0.5) is 4.79 Å². The second-order valence-electron chi connectivity index (χ2n) is 5.24. The van der Waals surface area contributed by atoms with E-state index in [2.05, 4.69) is 15.3 Å². The van der Waals surface area contributed by atoms with Gasteiger partial charge in [0.1, 0.15) is 17.5 Å². The topological polar surface area (TPSA) is 104 Å². The number of alkyl carbamates (subject to hydrolysis) is 1. The van der Waals surface area contributed by atoms with Gasteiger partial charge < -0.3 is 20.1 Å². The standard InChI is InChI=1S/C12H19N3O4/c1-7-13-6-8(14-7)5-9(10(16)17)15-11(18)19-12(2,3)4/h6,9H,5H2,1-4H3,(H,13,14)(H,15,18)(H,16,17)/t9-/m0/s1. The second-order valence-corrected chi connectivity index (χ2v) is 5.24. The number of hydrogen-bond acceptors (Lipinski definition) is 4. The Morgan fingerprint density at radius 1 is 1.53 bits per heavy atom. The first-order valence-corrected chi connectivity index (χ1v) is 5.90. The van der Waals surface area contributed by atoms with Crippen LogP contribution >= 0.6 is 0 Å². The normalized spacial score (nSPS) is 12.8. The summed E-state index contributed by atoms with van der Waals surface area (Å²) in [6, 6.07) is -1.06. The first kappa shape index (κ1) is 15.0. The predicted molar refractivity (Wildman–Crippen MR) is 67.8 cm³/mol. The summed E-state index contributed by atoms with van der Waals surface area (Å²) < 4.78 is 5.02. The molecule has 0 aliphatic rings. The van der Waals surface area contributed by atoms with Crippen molar-refractivity contribution in [2.45, 2.75) is 45.8 Å². The number of nitrogens with zero attached hydrogens (tertiary/aromatic N) is 1. The van der Waals surface area contributed by atoms with Crippen molar-refractivity contribution in [3.05, 3.63) is 17.7 Å². The number of carbonyl (C=O) groups is 2. The molecule has 7 nitrogen and oxygen atoms in total. The molecule has 1 aromatic rings. The van der Waals surface area contributed by atoms with Gasteiger partial charge in [-0.3, -0.25) is 0 Å². The van der Waals surface area contributed by atoms with Crippen molar-refractivity contribution in [2.24, 2.45) is 0 Å². The number of carbonyl (C=O) groups excluding carboxylic acids is 1. The molecule has 0 bridgehead atoms. The van der Waals surface area contributed by atoms with Gasteiger partial charge in [-0.25, -0.2) is 14.6 Å². The van der Waals surface area contributed by atoms with E-state index in [-0.39, 0.29) is 6.42 Å². The van der Waals surface area contributed by atoms with Gasteiger partial charge in [-0.05, 0) is 27.7 Å². The van der Waals surface area contributed by atoms with Crippen LogP contribution in [0.25, 0.3) is 0 Å². The number of imidazole rings is 1. The van der Waals surface area contributed by atoms with Gasteiger partial charge in [0.05, 0.1) is 0 Å². The van der Waals surface area contributed by atoms with Crippen LogP contribution < -0.4 is 5.32 Å². The van der Waals surface area contributed by atoms with Crippen molar-refractivity contribution < 1.29 is 19.4 Å². The molecule has 0 radical (unpaired) electrons. The minimum Gasteiger partial charge on any atom is -0.480 e. The van der Waals surface area contributed by atoms with Crippen molar-refractivity contribution in [3.63, 3.8) is 0 Å². The largest absolute Gasteiger partial charge is 0.480 e. The third kappa shape index (κ3) is 5.41. The third-order valence-corrected chi connectivity index (χ3v) is 2.17. The molecule has 0 aliphatic heterocycles. The number of aromatic nitrogens is 2. The number of H-pyrrole nitrogens is 1. The van der Waals surface area contributed by atoms with Crippen molar-refractivity contribution in [2.75, 3.05) is 0 Å². The molecular formula is C12H19N3O4. The molecule has 1 amide bonds. The molecule has 0 unspecified atom stereocenters. The van der Waals surface area contributed by atoms with Gasteiger partial charge in [-0.1, -0.05) is 0 Å². The number of carboxylic acid groups (broad SMARTS) is 1. The van der Waals surface area contributed by atoms with Gasteiger partial charge in [0.15, 0.2) is 0 Å². The Bertz CT molecular complexity index is 462. The molecule has 0 fully saturated rings. The van der Waals surface area contributed by atoms with Gasteiger partial charge >= 0.3 is 12.1 Å². The zero-order valence-corrected chi connectivity index (χ0v) is 11.5. The number of nitrogens with one attached hydrogen (secondary N) is 2. The van der Waals surface area contributed by atoms with Crippen LogP contribution in [0.2, 0.25) is 0 Å². The summed E-state index contributed by atoms with van der Waals surface area (Å²) >= 11 is 0. The maximum atomic E-state index is 11.5. The Morgan fingerprint density at radius 2 is 2.16 bits per heavy atom.